The van der Waals surface area contributed by atoms with Gasteiger partial charge in [-0.05, 0) is 38.5 Å². The molecule has 2 aliphatic carbocycles. The number of carbonyl (C=O) groups is 1. The lowest BCUT2D eigenvalue weighted by Crippen LogP contribution is -2.48. The molecule has 0 saturated heterocycles. The van der Waals surface area contributed by atoms with Crippen molar-refractivity contribution in [1.29, 1.82) is 0 Å². The Morgan fingerprint density at radius 3 is 2.69 bits per heavy atom. The highest BCUT2D eigenvalue weighted by atomic mass is 16.2. The van der Waals surface area contributed by atoms with Crippen LogP contribution < -0.4 is 9.80 Å². The quantitative estimate of drug-likeness (QED) is 0.577. The third kappa shape index (κ3) is 2.76. The van der Waals surface area contributed by atoms with Gasteiger partial charge in [0, 0.05) is 30.6 Å². The number of carbonyl (C=O) groups excluding carboxylic acids is 1. The van der Waals surface area contributed by atoms with Crippen molar-refractivity contribution in [1.82, 2.24) is 34.3 Å². The van der Waals surface area contributed by atoms with E-state index in [0.29, 0.717) is 23.9 Å². The second-order valence-corrected chi connectivity index (χ2v) is 10.4. The summed E-state index contributed by atoms with van der Waals surface area (Å²) in [6, 6.07) is 0.418. The van der Waals surface area contributed by atoms with Gasteiger partial charge in [0.15, 0.2) is 11.6 Å². The maximum atomic E-state index is 12.9. The first kappa shape index (κ1) is 20.8. The van der Waals surface area contributed by atoms with Gasteiger partial charge < -0.3 is 4.90 Å². The molecule has 7 rings (SSSR count). The summed E-state index contributed by atoms with van der Waals surface area (Å²) in [5.74, 6) is 4.23. The van der Waals surface area contributed by atoms with Gasteiger partial charge in [-0.25, -0.2) is 9.97 Å². The fourth-order valence-corrected chi connectivity index (χ4v) is 6.33. The number of aryl methyl sites for hydroxylation is 1. The van der Waals surface area contributed by atoms with Gasteiger partial charge in [-0.3, -0.25) is 18.8 Å². The molecule has 3 aromatic rings. The van der Waals surface area contributed by atoms with E-state index in [9.17, 15) is 4.79 Å². The van der Waals surface area contributed by atoms with Crippen LogP contribution in [-0.2, 0) is 10.3 Å². The molecular formula is C25H29N9O. The highest BCUT2D eigenvalue weighted by Gasteiger charge is 2.64. The van der Waals surface area contributed by atoms with Crippen LogP contribution in [0.1, 0.15) is 64.0 Å². The molecule has 3 atom stereocenters. The topological polar surface area (TPSA) is 97.9 Å². The van der Waals surface area contributed by atoms with Crippen molar-refractivity contribution in [3.8, 4) is 11.6 Å². The number of aromatic nitrogens is 7. The molecule has 3 aromatic heterocycles. The molecule has 35 heavy (non-hydrogen) atoms. The van der Waals surface area contributed by atoms with Crippen LogP contribution in [0.4, 0.5) is 11.8 Å². The van der Waals surface area contributed by atoms with Crippen LogP contribution in [-0.4, -0.2) is 46.2 Å². The Morgan fingerprint density at radius 2 is 1.91 bits per heavy atom. The molecule has 0 aromatic carbocycles. The molecule has 0 radical (unpaired) electrons. The van der Waals surface area contributed by atoms with E-state index >= 15 is 0 Å². The summed E-state index contributed by atoms with van der Waals surface area (Å²) in [6.07, 6.45) is 15.8. The first-order valence-corrected chi connectivity index (χ1v) is 12.6. The Morgan fingerprint density at radius 1 is 1.11 bits per heavy atom. The first-order valence-electron chi connectivity index (χ1n) is 12.6. The second-order valence-electron chi connectivity index (χ2n) is 10.4. The Kier molecular flexibility index (Phi) is 4.29. The maximum absolute atomic E-state index is 12.9. The number of allylic oxidation sites excluding steroid dienone is 1. The number of imidazole rings is 1. The lowest BCUT2D eigenvalue weighted by atomic mass is 10.0. The highest BCUT2D eigenvalue weighted by Crippen LogP contribution is 2.61. The smallest absolute Gasteiger partial charge is 0.238 e. The molecule has 4 aliphatic rings. The van der Waals surface area contributed by atoms with Crippen LogP contribution in [0.3, 0.4) is 0 Å². The van der Waals surface area contributed by atoms with E-state index in [0.717, 1.165) is 48.8 Å². The van der Waals surface area contributed by atoms with E-state index in [2.05, 4.69) is 31.6 Å². The minimum atomic E-state index is -0.173. The molecule has 10 heteroatoms. The standard InChI is InChI=1S/C25H29N9O/c1-15-7-6-11-31(21(15)35)24-26-10-12-32(24)23-27-14-19-20(28-23)34(18-8-4-5-9-18)25(13-16(25)2)22-30-29-17(3)33(19)22/h6,10-12,14-16,18H,4-5,7-9,13H2,1-3H3/t15?,16-,25?/m1/s1. The van der Waals surface area contributed by atoms with Crippen LogP contribution in [0.15, 0.2) is 30.9 Å². The molecule has 2 saturated carbocycles. The predicted molar refractivity (Wildman–Crippen MR) is 129 cm³/mol. The van der Waals surface area contributed by atoms with Crippen molar-refractivity contribution in [3.05, 3.63) is 42.5 Å². The van der Waals surface area contributed by atoms with Gasteiger partial charge in [0.2, 0.25) is 17.8 Å². The summed E-state index contributed by atoms with van der Waals surface area (Å²) in [5.41, 5.74) is 0.750. The largest absolute Gasteiger partial charge is 0.338 e. The van der Waals surface area contributed by atoms with Gasteiger partial charge in [-0.2, -0.15) is 4.98 Å². The molecule has 180 valence electrons. The fraction of sp³-hybridized carbons (Fsp3) is 0.520. The normalized spacial score (nSPS) is 27.6. The second kappa shape index (κ2) is 7.22. The Labute approximate surface area is 203 Å². The van der Waals surface area contributed by atoms with Gasteiger partial charge in [0.05, 0.1) is 6.20 Å². The van der Waals surface area contributed by atoms with Crippen molar-refractivity contribution in [3.63, 3.8) is 0 Å². The average molecular weight is 472 g/mol. The van der Waals surface area contributed by atoms with E-state index in [4.69, 9.17) is 9.97 Å². The summed E-state index contributed by atoms with van der Waals surface area (Å²) >= 11 is 0. The van der Waals surface area contributed by atoms with Crippen LogP contribution in [0.25, 0.3) is 11.6 Å². The fourth-order valence-electron chi connectivity index (χ4n) is 6.33. The number of anilines is 2. The third-order valence-corrected chi connectivity index (χ3v) is 8.27. The summed E-state index contributed by atoms with van der Waals surface area (Å²) in [4.78, 5) is 31.5. The zero-order chi connectivity index (χ0) is 23.9. The van der Waals surface area contributed by atoms with Crippen molar-refractivity contribution < 1.29 is 4.79 Å². The molecule has 2 aliphatic heterocycles. The minimum Gasteiger partial charge on any atom is -0.338 e. The molecule has 5 heterocycles. The third-order valence-electron chi connectivity index (χ3n) is 8.27. The lowest BCUT2D eigenvalue weighted by Gasteiger charge is -2.42. The van der Waals surface area contributed by atoms with Crippen molar-refractivity contribution >= 4 is 17.7 Å². The Bertz CT molecular complexity index is 1370. The van der Waals surface area contributed by atoms with Crippen LogP contribution in [0.5, 0.6) is 0 Å². The predicted octanol–water partition coefficient (Wildman–Crippen LogP) is 3.44. The van der Waals surface area contributed by atoms with E-state index in [1.807, 2.05) is 36.9 Å². The number of nitrogens with zero attached hydrogens (tertiary/aromatic N) is 9. The zero-order valence-corrected chi connectivity index (χ0v) is 20.3. The van der Waals surface area contributed by atoms with Gasteiger partial charge in [-0.15, -0.1) is 10.2 Å². The van der Waals surface area contributed by atoms with Gasteiger partial charge >= 0.3 is 0 Å². The van der Waals surface area contributed by atoms with Crippen LogP contribution in [0.2, 0.25) is 0 Å². The highest BCUT2D eigenvalue weighted by molar-refractivity contribution is 5.96. The van der Waals surface area contributed by atoms with E-state index in [1.54, 1.807) is 17.3 Å². The summed E-state index contributed by atoms with van der Waals surface area (Å²) < 4.78 is 3.95. The van der Waals surface area contributed by atoms with Gasteiger partial charge in [0.25, 0.3) is 0 Å². The van der Waals surface area contributed by atoms with Crippen molar-refractivity contribution in [2.45, 2.75) is 70.9 Å². The minimum absolute atomic E-state index is 0.0287. The first-order chi connectivity index (χ1) is 17.0. The van der Waals surface area contributed by atoms with Crippen molar-refractivity contribution in [2.75, 3.05) is 9.80 Å². The van der Waals surface area contributed by atoms with Gasteiger partial charge in [0.1, 0.15) is 17.1 Å². The molecular weight excluding hydrogens is 442 g/mol. The molecule has 0 bridgehead atoms. The van der Waals surface area contributed by atoms with Crippen molar-refractivity contribution in [2.24, 2.45) is 11.8 Å². The zero-order valence-electron chi connectivity index (χ0n) is 20.3. The number of hydrogen-bond acceptors (Lipinski definition) is 7. The molecule has 1 spiro atoms. The molecule has 10 nitrogen and oxygen atoms in total. The summed E-state index contributed by atoms with van der Waals surface area (Å²) in [6.45, 7) is 6.23. The number of amides is 1. The van der Waals surface area contributed by atoms with Crippen LogP contribution >= 0.6 is 0 Å². The lowest BCUT2D eigenvalue weighted by molar-refractivity contribution is -0.121. The Hall–Kier alpha value is -3.56. The molecule has 2 unspecified atom stereocenters. The average Bonchev–Trinajstić information content (AvgIpc) is 3.36. The maximum Gasteiger partial charge on any atom is 0.238 e. The van der Waals surface area contributed by atoms with Crippen LogP contribution in [0, 0.1) is 18.8 Å². The summed E-state index contributed by atoms with van der Waals surface area (Å²) in [7, 11) is 0. The van der Waals surface area contributed by atoms with E-state index in [1.165, 1.54) is 12.8 Å². The monoisotopic (exact) mass is 471 g/mol. The van der Waals surface area contributed by atoms with Gasteiger partial charge in [-0.1, -0.05) is 32.8 Å². The number of fused-ring (bicyclic) bond motifs is 4. The molecule has 2 fully saturated rings. The number of hydrogen-bond donors (Lipinski definition) is 0. The molecule has 1 amide bonds. The Balaban J connectivity index is 1.40. The summed E-state index contributed by atoms with van der Waals surface area (Å²) in [5, 5.41) is 9.11. The molecule has 0 N–H and O–H groups in total. The number of rotatable bonds is 3. The SMILES string of the molecule is Cc1nnc2n1-c1cnc(-n3ccnc3N3C=CCC(C)C3=O)nc1N(C1CCCC1)C21C[C@H]1C. The van der Waals surface area contributed by atoms with E-state index in [-0.39, 0.29) is 17.4 Å². The van der Waals surface area contributed by atoms with E-state index < -0.39 is 0 Å².